The van der Waals surface area contributed by atoms with Crippen LogP contribution in [0.25, 0.3) is 0 Å². The lowest BCUT2D eigenvalue weighted by molar-refractivity contribution is -0.146. The first-order chi connectivity index (χ1) is 16.3. The van der Waals surface area contributed by atoms with Crippen LogP contribution in [0.3, 0.4) is 0 Å². The fraction of sp³-hybridized carbons (Fsp3) is 0.571. The molecule has 5 nitrogen and oxygen atoms in total. The zero-order valence-electron chi connectivity index (χ0n) is 21.0. The molecule has 4 rings (SSSR count). The zero-order chi connectivity index (χ0) is 24.2. The van der Waals surface area contributed by atoms with Gasteiger partial charge in [-0.25, -0.2) is 0 Å². The number of carbonyl (C=O) groups excluding carboxylic acids is 2. The third-order valence-corrected chi connectivity index (χ3v) is 8.28. The van der Waals surface area contributed by atoms with E-state index in [1.54, 1.807) is 16.2 Å². The lowest BCUT2D eigenvalue weighted by atomic mass is 10.00. The first kappa shape index (κ1) is 24.8. The highest BCUT2D eigenvalue weighted by Gasteiger charge is 2.35. The summed E-state index contributed by atoms with van der Waals surface area (Å²) in [4.78, 5) is 31.8. The summed E-state index contributed by atoms with van der Waals surface area (Å²) in [6, 6.07) is 10.2. The van der Waals surface area contributed by atoms with Crippen LogP contribution in [-0.4, -0.2) is 47.4 Å². The van der Waals surface area contributed by atoms with Gasteiger partial charge in [0.25, 0.3) is 0 Å². The highest BCUT2D eigenvalue weighted by Crippen LogP contribution is 2.34. The van der Waals surface area contributed by atoms with E-state index in [0.717, 1.165) is 37.9 Å². The molecule has 184 valence electrons. The number of nitrogens with zero attached hydrogens (tertiary/aromatic N) is 2. The Labute approximate surface area is 208 Å². The molecule has 2 aromatic rings. The monoisotopic (exact) mass is 482 g/mol. The standard InChI is InChI=1S/C28H38N2O3S/c1-19(2)21-9-11-23(12-10-21)33-18-25-24-14-16-34-26(24)13-15-29(25)27(31)17-30(20(3)4)28(32)22-7-5-6-8-22/h9-12,14,16,19-20,22,25H,5-8,13,15,17-18H2,1-4H3. The normalized spacial score (nSPS) is 18.4. The first-order valence-corrected chi connectivity index (χ1v) is 13.6. The second-order valence-electron chi connectivity index (χ2n) is 10.2. The van der Waals surface area contributed by atoms with Gasteiger partial charge in [0.05, 0.1) is 6.04 Å². The van der Waals surface area contributed by atoms with Crippen LogP contribution in [0.1, 0.15) is 81.3 Å². The molecule has 2 amide bonds. The van der Waals surface area contributed by atoms with Crippen LogP contribution >= 0.6 is 11.3 Å². The first-order valence-electron chi connectivity index (χ1n) is 12.7. The smallest absolute Gasteiger partial charge is 0.242 e. The minimum Gasteiger partial charge on any atom is -0.491 e. The molecule has 1 aromatic carbocycles. The number of fused-ring (bicyclic) bond motifs is 1. The van der Waals surface area contributed by atoms with Crippen LogP contribution < -0.4 is 4.74 Å². The number of hydrogen-bond acceptors (Lipinski definition) is 4. The predicted octanol–water partition coefficient (Wildman–Crippen LogP) is 5.80. The van der Waals surface area contributed by atoms with E-state index in [9.17, 15) is 9.59 Å². The Morgan fingerprint density at radius 3 is 2.44 bits per heavy atom. The quantitative estimate of drug-likeness (QED) is 0.478. The van der Waals surface area contributed by atoms with Gasteiger partial charge in [0.15, 0.2) is 0 Å². The molecule has 0 bridgehead atoms. The maximum Gasteiger partial charge on any atom is 0.242 e. The van der Waals surface area contributed by atoms with E-state index >= 15 is 0 Å². The summed E-state index contributed by atoms with van der Waals surface area (Å²) in [6.45, 7) is 9.59. The van der Waals surface area contributed by atoms with Crippen molar-refractivity contribution in [2.24, 2.45) is 5.92 Å². The van der Waals surface area contributed by atoms with Crippen molar-refractivity contribution in [2.75, 3.05) is 19.7 Å². The Bertz CT molecular complexity index is 976. The molecule has 1 aliphatic carbocycles. The molecule has 0 radical (unpaired) electrons. The van der Waals surface area contributed by atoms with Crippen LogP contribution in [0.15, 0.2) is 35.7 Å². The van der Waals surface area contributed by atoms with Crippen molar-refractivity contribution in [2.45, 2.75) is 77.8 Å². The van der Waals surface area contributed by atoms with E-state index in [-0.39, 0.29) is 36.4 Å². The van der Waals surface area contributed by atoms with Crippen LogP contribution in [0, 0.1) is 5.92 Å². The fourth-order valence-electron chi connectivity index (χ4n) is 5.16. The Morgan fingerprint density at radius 2 is 1.79 bits per heavy atom. The molecule has 0 N–H and O–H groups in total. The average Bonchev–Trinajstić information content (AvgIpc) is 3.52. The second-order valence-corrected chi connectivity index (χ2v) is 11.2. The summed E-state index contributed by atoms with van der Waals surface area (Å²) >= 11 is 1.75. The van der Waals surface area contributed by atoms with E-state index < -0.39 is 0 Å². The van der Waals surface area contributed by atoms with Gasteiger partial charge in [-0.05, 0) is 73.7 Å². The van der Waals surface area contributed by atoms with Gasteiger partial charge < -0.3 is 14.5 Å². The van der Waals surface area contributed by atoms with Gasteiger partial charge in [0.1, 0.15) is 18.9 Å². The molecular formula is C28H38N2O3S. The molecule has 1 saturated carbocycles. The zero-order valence-corrected chi connectivity index (χ0v) is 21.8. The minimum atomic E-state index is -0.136. The number of hydrogen-bond donors (Lipinski definition) is 0. The van der Waals surface area contributed by atoms with Crippen LogP contribution in [-0.2, 0) is 16.0 Å². The number of carbonyl (C=O) groups is 2. The summed E-state index contributed by atoms with van der Waals surface area (Å²) in [5.41, 5.74) is 2.46. The van der Waals surface area contributed by atoms with E-state index in [1.807, 2.05) is 30.9 Å². The largest absolute Gasteiger partial charge is 0.491 e. The van der Waals surface area contributed by atoms with Gasteiger partial charge in [-0.2, -0.15) is 0 Å². The van der Waals surface area contributed by atoms with Crippen molar-refractivity contribution in [1.29, 1.82) is 0 Å². The lowest BCUT2D eigenvalue weighted by Gasteiger charge is -2.38. The van der Waals surface area contributed by atoms with Crippen molar-refractivity contribution in [1.82, 2.24) is 9.80 Å². The molecule has 34 heavy (non-hydrogen) atoms. The number of amides is 2. The molecule has 2 heterocycles. The van der Waals surface area contributed by atoms with E-state index in [2.05, 4.69) is 37.4 Å². The summed E-state index contributed by atoms with van der Waals surface area (Å²) in [7, 11) is 0. The summed E-state index contributed by atoms with van der Waals surface area (Å²) in [6.07, 6.45) is 4.98. The molecule has 1 aromatic heterocycles. The molecular weight excluding hydrogens is 444 g/mol. The van der Waals surface area contributed by atoms with Crippen LogP contribution in [0.4, 0.5) is 0 Å². The molecule has 0 saturated heterocycles. The van der Waals surface area contributed by atoms with Gasteiger partial charge in [-0.15, -0.1) is 11.3 Å². The number of thiophene rings is 1. The van der Waals surface area contributed by atoms with Gasteiger partial charge in [0.2, 0.25) is 11.8 Å². The second kappa shape index (κ2) is 10.9. The highest BCUT2D eigenvalue weighted by atomic mass is 32.1. The van der Waals surface area contributed by atoms with Gasteiger partial charge in [-0.1, -0.05) is 38.8 Å². The van der Waals surface area contributed by atoms with Crippen LogP contribution in [0.2, 0.25) is 0 Å². The fourth-order valence-corrected chi connectivity index (χ4v) is 6.09. The number of rotatable bonds is 8. The van der Waals surface area contributed by atoms with Crippen molar-refractivity contribution < 1.29 is 14.3 Å². The van der Waals surface area contributed by atoms with E-state index in [0.29, 0.717) is 19.1 Å². The molecule has 0 spiro atoms. The molecule has 1 atom stereocenters. The molecule has 1 aliphatic heterocycles. The summed E-state index contributed by atoms with van der Waals surface area (Å²) in [5, 5.41) is 2.10. The Hall–Kier alpha value is -2.34. The Morgan fingerprint density at radius 1 is 1.09 bits per heavy atom. The third-order valence-electron chi connectivity index (χ3n) is 7.29. The van der Waals surface area contributed by atoms with E-state index in [1.165, 1.54) is 16.0 Å². The average molecular weight is 483 g/mol. The van der Waals surface area contributed by atoms with Crippen molar-refractivity contribution >= 4 is 23.2 Å². The van der Waals surface area contributed by atoms with E-state index in [4.69, 9.17) is 4.74 Å². The Balaban J connectivity index is 1.48. The lowest BCUT2D eigenvalue weighted by Crippen LogP contribution is -2.50. The van der Waals surface area contributed by atoms with Crippen molar-refractivity contribution in [3.05, 3.63) is 51.7 Å². The third kappa shape index (κ3) is 5.48. The van der Waals surface area contributed by atoms with Crippen molar-refractivity contribution in [3.63, 3.8) is 0 Å². The van der Waals surface area contributed by atoms with Crippen molar-refractivity contribution in [3.8, 4) is 5.75 Å². The summed E-state index contributed by atoms with van der Waals surface area (Å²) in [5.74, 6) is 1.53. The van der Waals surface area contributed by atoms with Crippen LogP contribution in [0.5, 0.6) is 5.75 Å². The van der Waals surface area contributed by atoms with Gasteiger partial charge >= 0.3 is 0 Å². The molecule has 2 aliphatic rings. The predicted molar refractivity (Wildman–Crippen MR) is 137 cm³/mol. The van der Waals surface area contributed by atoms with Gasteiger partial charge in [-0.3, -0.25) is 9.59 Å². The molecule has 6 heteroatoms. The maximum absolute atomic E-state index is 13.6. The maximum atomic E-state index is 13.6. The molecule has 1 unspecified atom stereocenters. The topological polar surface area (TPSA) is 49.9 Å². The number of benzene rings is 1. The van der Waals surface area contributed by atoms with Gasteiger partial charge in [0, 0.05) is 23.4 Å². The minimum absolute atomic E-state index is 0.00715. The number of ether oxygens (including phenoxy) is 1. The Kier molecular flexibility index (Phi) is 7.97. The summed E-state index contributed by atoms with van der Waals surface area (Å²) < 4.78 is 6.20. The molecule has 1 fully saturated rings. The SMILES string of the molecule is CC(C)c1ccc(OCC2c3ccsc3CCN2C(=O)CN(C(=O)C2CCCC2)C(C)C)cc1. The highest BCUT2D eigenvalue weighted by molar-refractivity contribution is 7.10.